The Morgan fingerprint density at radius 3 is 2.54 bits per heavy atom. The van der Waals surface area contributed by atoms with Crippen molar-refractivity contribution in [1.82, 2.24) is 4.57 Å². The van der Waals surface area contributed by atoms with Gasteiger partial charge in [0, 0.05) is 28.9 Å². The Bertz CT molecular complexity index is 1060. The lowest BCUT2D eigenvalue weighted by atomic mass is 10.0. The van der Waals surface area contributed by atoms with Gasteiger partial charge >= 0.3 is 5.97 Å². The van der Waals surface area contributed by atoms with E-state index in [1.54, 1.807) is 12.1 Å². The van der Waals surface area contributed by atoms with Gasteiger partial charge in [-0.25, -0.2) is 4.79 Å². The summed E-state index contributed by atoms with van der Waals surface area (Å²) >= 11 is 6.01. The van der Waals surface area contributed by atoms with E-state index in [9.17, 15) is 9.90 Å². The number of nitrogens with zero attached hydrogens (tertiary/aromatic N) is 2. The van der Waals surface area contributed by atoms with Crippen molar-refractivity contribution in [2.45, 2.75) is 33.6 Å². The number of aliphatic imine (C=N–C) groups is 1. The molecule has 0 bridgehead atoms. The van der Waals surface area contributed by atoms with Crippen LogP contribution in [0.3, 0.4) is 0 Å². The van der Waals surface area contributed by atoms with Crippen LogP contribution in [0.1, 0.15) is 52.6 Å². The normalized spacial score (nSPS) is 11.5. The molecule has 2 aromatic carbocycles. The second-order valence-corrected chi connectivity index (χ2v) is 7.51. The molecule has 4 nitrogen and oxygen atoms in total. The van der Waals surface area contributed by atoms with E-state index in [0.717, 1.165) is 28.3 Å². The number of rotatable bonds is 5. The first-order chi connectivity index (χ1) is 13.3. The highest BCUT2D eigenvalue weighted by atomic mass is 35.5. The topological polar surface area (TPSA) is 54.6 Å². The Morgan fingerprint density at radius 1 is 1.14 bits per heavy atom. The van der Waals surface area contributed by atoms with Crippen molar-refractivity contribution in [3.63, 3.8) is 0 Å². The molecule has 0 aliphatic rings. The van der Waals surface area contributed by atoms with E-state index >= 15 is 0 Å². The maximum atomic E-state index is 11.4. The summed E-state index contributed by atoms with van der Waals surface area (Å²) in [4.78, 5) is 16.1. The van der Waals surface area contributed by atoms with Gasteiger partial charge in [0.05, 0.1) is 16.3 Å². The lowest BCUT2D eigenvalue weighted by Gasteiger charge is -2.11. The molecule has 1 heterocycles. The molecule has 1 aromatic heterocycles. The lowest BCUT2D eigenvalue weighted by molar-refractivity contribution is 0.0697. The predicted octanol–water partition coefficient (Wildman–Crippen LogP) is 6.32. The quantitative estimate of drug-likeness (QED) is 0.515. The van der Waals surface area contributed by atoms with Gasteiger partial charge in [0.15, 0.2) is 0 Å². The first kappa shape index (κ1) is 19.9. The third-order valence-electron chi connectivity index (χ3n) is 4.81. The van der Waals surface area contributed by atoms with E-state index < -0.39 is 5.97 Å². The summed E-state index contributed by atoms with van der Waals surface area (Å²) in [5, 5.41) is 9.57. The van der Waals surface area contributed by atoms with E-state index in [1.807, 2.05) is 55.0 Å². The van der Waals surface area contributed by atoms with Crippen LogP contribution in [0.2, 0.25) is 5.02 Å². The summed E-state index contributed by atoms with van der Waals surface area (Å²) in [6, 6.07) is 15.2. The number of halogens is 1. The van der Waals surface area contributed by atoms with E-state index in [-0.39, 0.29) is 10.6 Å². The predicted molar refractivity (Wildman–Crippen MR) is 115 cm³/mol. The van der Waals surface area contributed by atoms with Crippen molar-refractivity contribution in [2.75, 3.05) is 0 Å². The van der Waals surface area contributed by atoms with Crippen LogP contribution < -0.4 is 0 Å². The fourth-order valence-electron chi connectivity index (χ4n) is 3.36. The van der Waals surface area contributed by atoms with Crippen molar-refractivity contribution >= 4 is 29.5 Å². The number of aromatic nitrogens is 1. The molecule has 0 fully saturated rings. The second-order valence-electron chi connectivity index (χ2n) is 7.10. The molecule has 3 aromatic rings. The fraction of sp³-hybridized carbons (Fsp3) is 0.217. The van der Waals surface area contributed by atoms with Crippen LogP contribution in [0.25, 0.3) is 5.69 Å². The Hall–Kier alpha value is -2.85. The molecule has 144 valence electrons. The number of hydrogen-bond acceptors (Lipinski definition) is 2. The average molecular weight is 395 g/mol. The fourth-order valence-corrected chi connectivity index (χ4v) is 3.56. The zero-order valence-electron chi connectivity index (χ0n) is 16.4. The first-order valence-corrected chi connectivity index (χ1v) is 9.52. The van der Waals surface area contributed by atoms with Crippen LogP contribution >= 0.6 is 11.6 Å². The number of para-hydroxylation sites is 1. The van der Waals surface area contributed by atoms with E-state index in [1.165, 1.54) is 5.56 Å². The van der Waals surface area contributed by atoms with Crippen molar-refractivity contribution in [3.05, 3.63) is 81.6 Å². The maximum absolute atomic E-state index is 11.4. The van der Waals surface area contributed by atoms with Gasteiger partial charge in [-0.3, -0.25) is 4.99 Å². The Balaban J connectivity index is 2.02. The highest BCUT2D eigenvalue weighted by Crippen LogP contribution is 2.28. The zero-order valence-corrected chi connectivity index (χ0v) is 17.2. The van der Waals surface area contributed by atoms with Gasteiger partial charge in [-0.2, -0.15) is 0 Å². The molecule has 28 heavy (non-hydrogen) atoms. The van der Waals surface area contributed by atoms with Crippen molar-refractivity contribution in [1.29, 1.82) is 0 Å². The third kappa shape index (κ3) is 3.87. The van der Waals surface area contributed by atoms with Crippen LogP contribution in [0, 0.1) is 13.8 Å². The van der Waals surface area contributed by atoms with Crippen molar-refractivity contribution in [2.24, 2.45) is 4.99 Å². The summed E-state index contributed by atoms with van der Waals surface area (Å²) < 4.78 is 2.01. The molecular weight excluding hydrogens is 372 g/mol. The van der Waals surface area contributed by atoms with Gasteiger partial charge in [-0.05, 0) is 55.7 Å². The summed E-state index contributed by atoms with van der Waals surface area (Å²) in [5.41, 5.74) is 5.99. The molecule has 0 amide bonds. The minimum atomic E-state index is -1.04. The number of carbonyl (C=O) groups is 1. The monoisotopic (exact) mass is 394 g/mol. The molecule has 0 atom stereocenters. The third-order valence-corrected chi connectivity index (χ3v) is 5.14. The Morgan fingerprint density at radius 2 is 1.86 bits per heavy atom. The molecular formula is C23H23ClN2O2. The number of aryl methyl sites for hydroxylation is 1. The summed E-state index contributed by atoms with van der Waals surface area (Å²) in [7, 11) is 0. The molecule has 0 aliphatic heterocycles. The largest absolute Gasteiger partial charge is 0.478 e. The zero-order chi connectivity index (χ0) is 20.4. The molecule has 0 aliphatic carbocycles. The summed E-state index contributed by atoms with van der Waals surface area (Å²) in [5.74, 6) is -0.648. The van der Waals surface area contributed by atoms with Crippen LogP contribution in [-0.4, -0.2) is 21.9 Å². The molecule has 0 unspecified atom stereocenters. The highest BCUT2D eigenvalue weighted by molar-refractivity contribution is 6.33. The number of aromatic carboxylic acids is 1. The standard InChI is InChI=1S/C23H23ClN2O2/c1-14(2)19-7-5-6-8-22(19)25-13-17-11-15(3)26(16(17)4)18-9-10-21(24)20(12-18)23(27)28/h5-14H,1-4H3,(H,27,28). The van der Waals surface area contributed by atoms with Gasteiger partial charge < -0.3 is 9.67 Å². The van der Waals surface area contributed by atoms with Crippen LogP contribution in [0.4, 0.5) is 5.69 Å². The average Bonchev–Trinajstić information content (AvgIpc) is 2.94. The van der Waals surface area contributed by atoms with Gasteiger partial charge in [-0.15, -0.1) is 0 Å². The highest BCUT2D eigenvalue weighted by Gasteiger charge is 2.14. The van der Waals surface area contributed by atoms with Crippen molar-refractivity contribution < 1.29 is 9.90 Å². The molecule has 0 saturated heterocycles. The van der Waals surface area contributed by atoms with Gasteiger partial charge in [0.1, 0.15) is 0 Å². The Kier molecular flexibility index (Phi) is 5.71. The molecule has 0 radical (unpaired) electrons. The number of carboxylic acids is 1. The van der Waals surface area contributed by atoms with Crippen LogP contribution in [0.5, 0.6) is 0 Å². The smallest absolute Gasteiger partial charge is 0.337 e. The van der Waals surface area contributed by atoms with E-state index in [4.69, 9.17) is 16.6 Å². The molecule has 0 saturated carbocycles. The molecule has 1 N–H and O–H groups in total. The van der Waals surface area contributed by atoms with Crippen LogP contribution in [-0.2, 0) is 0 Å². The van der Waals surface area contributed by atoms with E-state index in [0.29, 0.717) is 5.92 Å². The maximum Gasteiger partial charge on any atom is 0.337 e. The Labute approximate surface area is 170 Å². The van der Waals surface area contributed by atoms with Crippen molar-refractivity contribution in [3.8, 4) is 5.69 Å². The van der Waals surface area contributed by atoms with Gasteiger partial charge in [0.2, 0.25) is 0 Å². The minimum absolute atomic E-state index is 0.0905. The lowest BCUT2D eigenvalue weighted by Crippen LogP contribution is -2.03. The first-order valence-electron chi connectivity index (χ1n) is 9.14. The molecule has 0 spiro atoms. The number of benzene rings is 2. The number of hydrogen-bond donors (Lipinski definition) is 1. The van der Waals surface area contributed by atoms with E-state index in [2.05, 4.69) is 19.9 Å². The minimum Gasteiger partial charge on any atom is -0.478 e. The van der Waals surface area contributed by atoms with Gasteiger partial charge in [0.25, 0.3) is 0 Å². The second kappa shape index (κ2) is 8.03. The van der Waals surface area contributed by atoms with Crippen LogP contribution in [0.15, 0.2) is 53.5 Å². The summed E-state index contributed by atoms with van der Waals surface area (Å²) in [6.45, 7) is 8.29. The summed E-state index contributed by atoms with van der Waals surface area (Å²) in [6.07, 6.45) is 1.87. The molecule has 5 heteroatoms. The molecule has 3 rings (SSSR count). The SMILES string of the molecule is Cc1cc(C=Nc2ccccc2C(C)C)c(C)n1-c1ccc(Cl)c(C(=O)O)c1. The number of carboxylic acid groups (broad SMARTS) is 1. The van der Waals surface area contributed by atoms with Gasteiger partial charge in [-0.1, -0.05) is 43.6 Å².